The second kappa shape index (κ2) is 4.59. The van der Waals surface area contributed by atoms with Crippen molar-refractivity contribution in [3.05, 3.63) is 40.7 Å². The van der Waals surface area contributed by atoms with Gasteiger partial charge in [0.15, 0.2) is 0 Å². The fourth-order valence-corrected chi connectivity index (χ4v) is 3.44. The van der Waals surface area contributed by atoms with E-state index in [-0.39, 0.29) is 0 Å². The van der Waals surface area contributed by atoms with Crippen LogP contribution in [-0.2, 0) is 0 Å². The maximum atomic E-state index is 5.96. The Labute approximate surface area is 106 Å². The smallest absolute Gasteiger partial charge is 0.0964 e. The van der Waals surface area contributed by atoms with Gasteiger partial charge in [0.2, 0.25) is 0 Å². The van der Waals surface area contributed by atoms with E-state index < -0.39 is 0 Å². The maximum absolute atomic E-state index is 5.96. The lowest BCUT2D eigenvalue weighted by Crippen LogP contribution is -2.14. The van der Waals surface area contributed by atoms with Crippen molar-refractivity contribution in [2.45, 2.75) is 31.2 Å². The molecule has 1 fully saturated rings. The van der Waals surface area contributed by atoms with Crippen molar-refractivity contribution < 1.29 is 0 Å². The summed E-state index contributed by atoms with van der Waals surface area (Å²) < 4.78 is 0. The minimum Gasteiger partial charge on any atom is -0.328 e. The molecule has 1 saturated carbocycles. The molecule has 1 aliphatic rings. The van der Waals surface area contributed by atoms with Crippen LogP contribution in [0.25, 0.3) is 11.3 Å². The van der Waals surface area contributed by atoms with E-state index in [4.69, 9.17) is 10.7 Å². The predicted molar refractivity (Wildman–Crippen MR) is 72.1 cm³/mol. The first-order valence-corrected chi connectivity index (χ1v) is 6.97. The molecule has 0 aliphatic heterocycles. The van der Waals surface area contributed by atoms with Gasteiger partial charge in [-0.15, -0.1) is 11.3 Å². The molecule has 2 atom stereocenters. The molecule has 2 aromatic rings. The molecule has 1 aromatic carbocycles. The lowest BCUT2D eigenvalue weighted by atomic mass is 10.1. The summed E-state index contributed by atoms with van der Waals surface area (Å²) in [6, 6.07) is 10.7. The van der Waals surface area contributed by atoms with Crippen LogP contribution >= 0.6 is 11.3 Å². The molecule has 1 aromatic heterocycles. The van der Waals surface area contributed by atoms with Gasteiger partial charge in [-0.3, -0.25) is 0 Å². The zero-order chi connectivity index (χ0) is 11.7. The molecule has 3 rings (SSSR count). The zero-order valence-corrected chi connectivity index (χ0v) is 10.5. The Balaban J connectivity index is 1.84. The highest BCUT2D eigenvalue weighted by molar-refractivity contribution is 7.10. The minimum atomic E-state index is 0.379. The topological polar surface area (TPSA) is 38.9 Å². The van der Waals surface area contributed by atoms with Crippen LogP contribution in [0.15, 0.2) is 35.7 Å². The summed E-state index contributed by atoms with van der Waals surface area (Å²) in [5, 5.41) is 3.42. The first-order chi connectivity index (χ1) is 8.33. The SMILES string of the molecule is N[C@H]1CCC(c2nc(-c3ccccc3)cs2)C1. The normalized spacial score (nSPS) is 24.1. The molecule has 88 valence electrons. The van der Waals surface area contributed by atoms with E-state index >= 15 is 0 Å². The third-order valence-corrected chi connectivity index (χ3v) is 4.42. The van der Waals surface area contributed by atoms with Gasteiger partial charge in [-0.05, 0) is 19.3 Å². The molecule has 0 bridgehead atoms. The summed E-state index contributed by atoms with van der Waals surface area (Å²) in [4.78, 5) is 4.76. The Bertz CT molecular complexity index is 492. The van der Waals surface area contributed by atoms with Gasteiger partial charge >= 0.3 is 0 Å². The summed E-state index contributed by atoms with van der Waals surface area (Å²) in [5.41, 5.74) is 8.27. The first-order valence-electron chi connectivity index (χ1n) is 6.09. The van der Waals surface area contributed by atoms with Crippen LogP contribution in [0.1, 0.15) is 30.2 Å². The molecule has 2 nitrogen and oxygen atoms in total. The number of hydrogen-bond acceptors (Lipinski definition) is 3. The highest BCUT2D eigenvalue weighted by Crippen LogP contribution is 2.36. The molecule has 0 radical (unpaired) electrons. The van der Waals surface area contributed by atoms with E-state index in [1.54, 1.807) is 11.3 Å². The average molecular weight is 244 g/mol. The molecule has 17 heavy (non-hydrogen) atoms. The predicted octanol–water partition coefficient (Wildman–Crippen LogP) is 3.40. The Morgan fingerprint density at radius 2 is 2.00 bits per heavy atom. The lowest BCUT2D eigenvalue weighted by molar-refractivity contribution is 0.672. The molecule has 1 aliphatic carbocycles. The summed E-state index contributed by atoms with van der Waals surface area (Å²) >= 11 is 1.78. The summed E-state index contributed by atoms with van der Waals surface area (Å²) in [7, 11) is 0. The van der Waals surface area contributed by atoms with E-state index in [1.165, 1.54) is 17.0 Å². The molecule has 1 heterocycles. The molecule has 0 spiro atoms. The fourth-order valence-electron chi connectivity index (χ4n) is 2.46. The van der Waals surface area contributed by atoms with E-state index in [0.717, 1.165) is 18.5 Å². The third-order valence-electron chi connectivity index (χ3n) is 3.41. The van der Waals surface area contributed by atoms with Crippen molar-refractivity contribution in [2.75, 3.05) is 0 Å². The van der Waals surface area contributed by atoms with Gasteiger partial charge in [-0.2, -0.15) is 0 Å². The van der Waals surface area contributed by atoms with Gasteiger partial charge in [0.05, 0.1) is 10.7 Å². The van der Waals surface area contributed by atoms with Crippen LogP contribution in [0.2, 0.25) is 0 Å². The molecule has 1 unspecified atom stereocenters. The Morgan fingerprint density at radius 1 is 1.18 bits per heavy atom. The van der Waals surface area contributed by atoms with Crippen molar-refractivity contribution in [2.24, 2.45) is 5.73 Å². The fraction of sp³-hybridized carbons (Fsp3) is 0.357. The van der Waals surface area contributed by atoms with Crippen molar-refractivity contribution in [1.82, 2.24) is 4.98 Å². The highest BCUT2D eigenvalue weighted by Gasteiger charge is 2.25. The Kier molecular flexibility index (Phi) is 2.95. The highest BCUT2D eigenvalue weighted by atomic mass is 32.1. The number of thiazole rings is 1. The van der Waals surface area contributed by atoms with E-state index in [1.807, 2.05) is 6.07 Å². The summed E-state index contributed by atoms with van der Waals surface area (Å²) in [6.07, 6.45) is 3.44. The maximum Gasteiger partial charge on any atom is 0.0964 e. The van der Waals surface area contributed by atoms with Crippen LogP contribution in [0, 0.1) is 0 Å². The zero-order valence-electron chi connectivity index (χ0n) is 9.67. The lowest BCUT2D eigenvalue weighted by Gasteiger charge is -2.04. The quantitative estimate of drug-likeness (QED) is 0.879. The van der Waals surface area contributed by atoms with Gasteiger partial charge in [-0.1, -0.05) is 30.3 Å². The van der Waals surface area contributed by atoms with Gasteiger partial charge < -0.3 is 5.73 Å². The molecule has 3 heteroatoms. The first kappa shape index (κ1) is 10.9. The number of hydrogen-bond donors (Lipinski definition) is 1. The monoisotopic (exact) mass is 244 g/mol. The summed E-state index contributed by atoms with van der Waals surface area (Å²) in [6.45, 7) is 0. The van der Waals surface area contributed by atoms with Crippen molar-refractivity contribution >= 4 is 11.3 Å². The standard InChI is InChI=1S/C14H16N2S/c15-12-7-6-11(8-12)14-16-13(9-17-14)10-4-2-1-3-5-10/h1-5,9,11-12H,6-8,15H2/t11?,12-/m0/s1. The van der Waals surface area contributed by atoms with Gasteiger partial charge in [0.25, 0.3) is 0 Å². The average Bonchev–Trinajstić information content (AvgIpc) is 2.98. The van der Waals surface area contributed by atoms with Crippen LogP contribution in [-0.4, -0.2) is 11.0 Å². The number of benzene rings is 1. The number of aromatic nitrogens is 1. The molecule has 2 N–H and O–H groups in total. The second-order valence-corrected chi connectivity index (χ2v) is 5.60. The van der Waals surface area contributed by atoms with Crippen LogP contribution in [0.5, 0.6) is 0 Å². The molecule has 0 amide bonds. The number of rotatable bonds is 2. The largest absolute Gasteiger partial charge is 0.328 e. The Hall–Kier alpha value is -1.19. The van der Waals surface area contributed by atoms with Gasteiger partial charge in [0, 0.05) is 22.9 Å². The third kappa shape index (κ3) is 2.26. The van der Waals surface area contributed by atoms with Gasteiger partial charge in [0.1, 0.15) is 0 Å². The van der Waals surface area contributed by atoms with E-state index in [2.05, 4.69) is 29.6 Å². The molecular formula is C14H16N2S. The molecular weight excluding hydrogens is 228 g/mol. The Morgan fingerprint density at radius 3 is 2.71 bits per heavy atom. The van der Waals surface area contributed by atoms with Crippen molar-refractivity contribution in [3.63, 3.8) is 0 Å². The van der Waals surface area contributed by atoms with Gasteiger partial charge in [-0.25, -0.2) is 4.98 Å². The van der Waals surface area contributed by atoms with Crippen molar-refractivity contribution in [1.29, 1.82) is 0 Å². The van der Waals surface area contributed by atoms with Crippen LogP contribution in [0.3, 0.4) is 0 Å². The van der Waals surface area contributed by atoms with Crippen LogP contribution < -0.4 is 5.73 Å². The van der Waals surface area contributed by atoms with Crippen LogP contribution in [0.4, 0.5) is 0 Å². The number of nitrogens with zero attached hydrogens (tertiary/aromatic N) is 1. The van der Waals surface area contributed by atoms with Crippen molar-refractivity contribution in [3.8, 4) is 11.3 Å². The summed E-state index contributed by atoms with van der Waals surface area (Å²) in [5.74, 6) is 0.590. The minimum absolute atomic E-state index is 0.379. The van der Waals surface area contributed by atoms with E-state index in [9.17, 15) is 0 Å². The number of nitrogens with two attached hydrogens (primary N) is 1. The second-order valence-electron chi connectivity index (χ2n) is 4.71. The molecule has 0 saturated heterocycles. The van der Waals surface area contributed by atoms with E-state index in [0.29, 0.717) is 12.0 Å².